The fourth-order valence-electron chi connectivity index (χ4n) is 2.39. The van der Waals surface area contributed by atoms with E-state index in [0.717, 1.165) is 17.8 Å². The lowest BCUT2D eigenvalue weighted by Crippen LogP contribution is -2.26. The van der Waals surface area contributed by atoms with Gasteiger partial charge in [-0.05, 0) is 34.1 Å². The molecule has 0 saturated heterocycles. The first-order valence-corrected chi connectivity index (χ1v) is 7.13. The molecule has 0 unspecified atom stereocenters. The fourth-order valence-corrected chi connectivity index (χ4v) is 2.39. The molecule has 6 nitrogen and oxygen atoms in total. The Kier molecular flexibility index (Phi) is 3.89. The predicted molar refractivity (Wildman–Crippen MR) is 82.5 cm³/mol. The van der Waals surface area contributed by atoms with Crippen LogP contribution in [0.4, 0.5) is 5.82 Å². The average molecular weight is 289 g/mol. The first kappa shape index (κ1) is 15.3. The minimum Gasteiger partial charge on any atom is -0.307 e. The smallest absolute Gasteiger partial charge is 0.260 e. The number of nitrogens with one attached hydrogen (secondary N) is 1. The van der Waals surface area contributed by atoms with Crippen molar-refractivity contribution in [1.82, 2.24) is 19.6 Å². The Bertz CT molecular complexity index is 660. The molecule has 2 heterocycles. The monoisotopic (exact) mass is 289 g/mol. The maximum absolute atomic E-state index is 12.5. The van der Waals surface area contributed by atoms with E-state index in [-0.39, 0.29) is 11.4 Å². The van der Waals surface area contributed by atoms with Gasteiger partial charge in [-0.25, -0.2) is 0 Å². The van der Waals surface area contributed by atoms with Crippen LogP contribution in [-0.4, -0.2) is 25.5 Å². The Balaban J connectivity index is 2.32. The van der Waals surface area contributed by atoms with E-state index in [2.05, 4.69) is 36.3 Å². The third-order valence-corrected chi connectivity index (χ3v) is 3.33. The summed E-state index contributed by atoms with van der Waals surface area (Å²) in [5.74, 6) is 0.536. The van der Waals surface area contributed by atoms with Crippen molar-refractivity contribution in [3.8, 4) is 0 Å². The van der Waals surface area contributed by atoms with Gasteiger partial charge < -0.3 is 5.32 Å². The van der Waals surface area contributed by atoms with E-state index in [4.69, 9.17) is 0 Å². The zero-order chi connectivity index (χ0) is 15.8. The largest absolute Gasteiger partial charge is 0.307 e. The van der Waals surface area contributed by atoms with Crippen LogP contribution in [0.25, 0.3) is 0 Å². The minimum absolute atomic E-state index is 0.146. The van der Waals surface area contributed by atoms with Crippen LogP contribution in [0.5, 0.6) is 0 Å². The van der Waals surface area contributed by atoms with Gasteiger partial charge in [-0.2, -0.15) is 10.2 Å². The molecule has 2 rings (SSSR count). The zero-order valence-electron chi connectivity index (χ0n) is 13.6. The molecule has 1 amide bonds. The minimum atomic E-state index is -0.148. The standard InChI is InChI=1S/C15H23N5O/c1-7-12-11(9-16-20(12)15(3,4)5)14(21)17-13-8-10(2)18-19(13)6/h8-9H,7H2,1-6H3,(H,17,21). The Morgan fingerprint density at radius 3 is 2.52 bits per heavy atom. The molecule has 6 heteroatoms. The molecular formula is C15H23N5O. The van der Waals surface area contributed by atoms with E-state index >= 15 is 0 Å². The van der Waals surface area contributed by atoms with Crippen molar-refractivity contribution >= 4 is 11.7 Å². The maximum Gasteiger partial charge on any atom is 0.260 e. The molecule has 0 fully saturated rings. The summed E-state index contributed by atoms with van der Waals surface area (Å²) in [7, 11) is 1.81. The van der Waals surface area contributed by atoms with E-state index < -0.39 is 0 Å². The number of hydrogen-bond acceptors (Lipinski definition) is 3. The van der Waals surface area contributed by atoms with Gasteiger partial charge in [0.1, 0.15) is 5.82 Å². The molecule has 1 N–H and O–H groups in total. The van der Waals surface area contributed by atoms with Gasteiger partial charge in [-0.1, -0.05) is 6.92 Å². The highest BCUT2D eigenvalue weighted by molar-refractivity contribution is 6.04. The molecule has 0 atom stereocenters. The van der Waals surface area contributed by atoms with Gasteiger partial charge >= 0.3 is 0 Å². The maximum atomic E-state index is 12.5. The summed E-state index contributed by atoms with van der Waals surface area (Å²) < 4.78 is 3.57. The third kappa shape index (κ3) is 2.99. The van der Waals surface area contributed by atoms with Crippen LogP contribution in [0.1, 0.15) is 49.4 Å². The molecule has 0 aliphatic heterocycles. The van der Waals surface area contributed by atoms with E-state index in [1.165, 1.54) is 0 Å². The van der Waals surface area contributed by atoms with Crippen LogP contribution in [0.3, 0.4) is 0 Å². The molecule has 2 aromatic rings. The zero-order valence-corrected chi connectivity index (χ0v) is 13.6. The number of aromatic nitrogens is 4. The highest BCUT2D eigenvalue weighted by atomic mass is 16.1. The van der Waals surface area contributed by atoms with Crippen molar-refractivity contribution in [2.24, 2.45) is 7.05 Å². The van der Waals surface area contributed by atoms with E-state index in [0.29, 0.717) is 11.4 Å². The van der Waals surface area contributed by atoms with Gasteiger partial charge in [0.2, 0.25) is 0 Å². The van der Waals surface area contributed by atoms with E-state index in [1.807, 2.05) is 31.6 Å². The Labute approximate surface area is 125 Å². The molecular weight excluding hydrogens is 266 g/mol. The summed E-state index contributed by atoms with van der Waals surface area (Å²) in [6, 6.07) is 1.84. The van der Waals surface area contributed by atoms with Gasteiger partial charge in [-0.3, -0.25) is 14.2 Å². The number of hydrogen-bond donors (Lipinski definition) is 1. The van der Waals surface area contributed by atoms with Crippen LogP contribution in [0, 0.1) is 6.92 Å². The summed E-state index contributed by atoms with van der Waals surface area (Å²) in [5.41, 5.74) is 2.28. The van der Waals surface area contributed by atoms with Crippen LogP contribution in [0.2, 0.25) is 0 Å². The first-order chi connectivity index (χ1) is 9.74. The second-order valence-corrected chi connectivity index (χ2v) is 6.19. The molecule has 0 radical (unpaired) electrons. The molecule has 2 aromatic heterocycles. The van der Waals surface area contributed by atoms with Gasteiger partial charge in [0.15, 0.2) is 0 Å². The lowest BCUT2D eigenvalue weighted by atomic mass is 10.1. The molecule has 0 aromatic carbocycles. The predicted octanol–water partition coefficient (Wildman–Crippen LogP) is 2.49. The number of anilines is 1. The van der Waals surface area contributed by atoms with Crippen molar-refractivity contribution < 1.29 is 4.79 Å². The van der Waals surface area contributed by atoms with Crippen LogP contribution in [0.15, 0.2) is 12.3 Å². The van der Waals surface area contributed by atoms with Gasteiger partial charge in [0.05, 0.1) is 28.7 Å². The van der Waals surface area contributed by atoms with E-state index in [1.54, 1.807) is 10.9 Å². The lowest BCUT2D eigenvalue weighted by Gasteiger charge is -2.22. The van der Waals surface area contributed by atoms with Gasteiger partial charge in [0.25, 0.3) is 5.91 Å². The molecule has 114 valence electrons. The van der Waals surface area contributed by atoms with E-state index in [9.17, 15) is 4.79 Å². The van der Waals surface area contributed by atoms with Crippen LogP contribution >= 0.6 is 0 Å². The summed E-state index contributed by atoms with van der Waals surface area (Å²) >= 11 is 0. The molecule has 0 spiro atoms. The first-order valence-electron chi connectivity index (χ1n) is 7.13. The second-order valence-electron chi connectivity index (χ2n) is 6.19. The number of carbonyl (C=O) groups excluding carboxylic acids is 1. The Morgan fingerprint density at radius 2 is 2.05 bits per heavy atom. The summed E-state index contributed by atoms with van der Waals surface area (Å²) in [5, 5.41) is 11.5. The van der Waals surface area contributed by atoms with Crippen molar-refractivity contribution in [3.05, 3.63) is 29.2 Å². The summed E-state index contributed by atoms with van der Waals surface area (Å²) in [6.07, 6.45) is 2.40. The number of rotatable bonds is 3. The molecule has 0 bridgehead atoms. The average Bonchev–Trinajstić information content (AvgIpc) is 2.92. The highest BCUT2D eigenvalue weighted by Crippen LogP contribution is 2.20. The summed E-state index contributed by atoms with van der Waals surface area (Å²) in [6.45, 7) is 10.1. The van der Waals surface area contributed by atoms with Crippen molar-refractivity contribution in [2.75, 3.05) is 5.32 Å². The van der Waals surface area contributed by atoms with Gasteiger partial charge in [0, 0.05) is 13.1 Å². The van der Waals surface area contributed by atoms with Gasteiger partial charge in [-0.15, -0.1) is 0 Å². The normalized spacial score (nSPS) is 11.7. The SMILES string of the molecule is CCc1c(C(=O)Nc2cc(C)nn2C)cnn1C(C)(C)C. The Morgan fingerprint density at radius 1 is 1.38 bits per heavy atom. The number of amides is 1. The molecule has 0 aliphatic carbocycles. The number of aryl methyl sites for hydroxylation is 2. The molecule has 21 heavy (non-hydrogen) atoms. The van der Waals surface area contributed by atoms with Crippen molar-refractivity contribution in [2.45, 2.75) is 46.6 Å². The quantitative estimate of drug-likeness (QED) is 0.944. The van der Waals surface area contributed by atoms with Crippen LogP contribution in [-0.2, 0) is 19.0 Å². The number of nitrogens with zero attached hydrogens (tertiary/aromatic N) is 4. The fraction of sp³-hybridized carbons (Fsp3) is 0.533. The highest BCUT2D eigenvalue weighted by Gasteiger charge is 2.23. The lowest BCUT2D eigenvalue weighted by molar-refractivity contribution is 0.102. The number of carbonyl (C=O) groups is 1. The summed E-state index contributed by atoms with van der Waals surface area (Å²) in [4.78, 5) is 12.5. The second kappa shape index (κ2) is 5.35. The topological polar surface area (TPSA) is 64.7 Å². The third-order valence-electron chi connectivity index (χ3n) is 3.33. The Hall–Kier alpha value is -2.11. The van der Waals surface area contributed by atoms with Crippen LogP contribution < -0.4 is 5.32 Å². The van der Waals surface area contributed by atoms with Crippen molar-refractivity contribution in [1.29, 1.82) is 0 Å². The molecule has 0 saturated carbocycles. The molecule has 0 aliphatic rings. The van der Waals surface area contributed by atoms with Crippen molar-refractivity contribution in [3.63, 3.8) is 0 Å².